The third kappa shape index (κ3) is 8.39. The van der Waals surface area contributed by atoms with E-state index in [-0.39, 0.29) is 55.8 Å². The Morgan fingerprint density at radius 1 is 0.955 bits per heavy atom. The van der Waals surface area contributed by atoms with Crippen LogP contribution < -0.4 is 20.9 Å². The molecule has 1 unspecified atom stereocenters. The molecule has 2 atom stereocenters. The molecule has 4 N–H and O–H groups in total. The van der Waals surface area contributed by atoms with E-state index >= 15 is 0 Å². The Morgan fingerprint density at radius 2 is 1.61 bits per heavy atom. The summed E-state index contributed by atoms with van der Waals surface area (Å²) in [4.78, 5) is 35.9. The molecule has 3 aromatic carbocycles. The van der Waals surface area contributed by atoms with Gasteiger partial charge in [-0.1, -0.05) is 78.9 Å². The van der Waals surface area contributed by atoms with Gasteiger partial charge >= 0.3 is 13.7 Å². The van der Waals surface area contributed by atoms with Crippen molar-refractivity contribution >= 4 is 30.8 Å². The van der Waals surface area contributed by atoms with Crippen LogP contribution in [-0.2, 0) is 43.1 Å². The number of ether oxygens (including phenoxy) is 2. The van der Waals surface area contributed by atoms with E-state index < -0.39 is 25.3 Å². The highest BCUT2D eigenvalue weighted by Crippen LogP contribution is 2.45. The van der Waals surface area contributed by atoms with Crippen molar-refractivity contribution < 1.29 is 27.9 Å². The Labute approximate surface area is 252 Å². The van der Waals surface area contributed by atoms with Crippen LogP contribution in [0, 0.1) is 0 Å². The molecule has 0 aliphatic rings. The number of anilines is 1. The van der Waals surface area contributed by atoms with Gasteiger partial charge in [0, 0.05) is 0 Å². The number of esters is 1. The number of nitrogens with two attached hydrogens (primary N) is 1. The van der Waals surface area contributed by atoms with Crippen LogP contribution >= 0.6 is 7.75 Å². The summed E-state index contributed by atoms with van der Waals surface area (Å²) >= 11 is 0. The summed E-state index contributed by atoms with van der Waals surface area (Å²) in [6.45, 7) is -0.184. The molecule has 0 aliphatic heterocycles. The number of fused-ring (bicyclic) bond motifs is 1. The van der Waals surface area contributed by atoms with Crippen molar-refractivity contribution in [3.05, 3.63) is 119 Å². The average Bonchev–Trinajstić information content (AvgIpc) is 3.44. The summed E-state index contributed by atoms with van der Waals surface area (Å²) in [5, 5.41) is 2.81. The Hall–Kier alpha value is -4.81. The third-order valence-electron chi connectivity index (χ3n) is 6.29. The lowest BCUT2D eigenvalue weighted by atomic mass is 10.1. The first-order chi connectivity index (χ1) is 21.4. The van der Waals surface area contributed by atoms with Gasteiger partial charge in [0.15, 0.2) is 11.2 Å². The van der Waals surface area contributed by atoms with Gasteiger partial charge in [0.2, 0.25) is 5.95 Å². The molecule has 2 aromatic heterocycles. The lowest BCUT2D eigenvalue weighted by Crippen LogP contribution is -2.39. The first-order valence-corrected chi connectivity index (χ1v) is 15.2. The average molecular weight is 619 g/mol. The first-order valence-electron chi connectivity index (χ1n) is 13.7. The minimum atomic E-state index is -4.16. The fourth-order valence-corrected chi connectivity index (χ4v) is 5.68. The van der Waals surface area contributed by atoms with Crippen LogP contribution in [0.4, 0.5) is 5.95 Å². The second kappa shape index (κ2) is 14.6. The van der Waals surface area contributed by atoms with E-state index in [1.807, 2.05) is 60.7 Å². The number of nitrogens with one attached hydrogen (secondary N) is 2. The zero-order chi connectivity index (χ0) is 30.8. The summed E-state index contributed by atoms with van der Waals surface area (Å²) < 4.78 is 38.4. The minimum Gasteiger partial charge on any atom is -0.460 e. The van der Waals surface area contributed by atoms with Crippen LogP contribution in [0.15, 0.2) is 102 Å². The van der Waals surface area contributed by atoms with Crippen molar-refractivity contribution in [3.63, 3.8) is 0 Å². The van der Waals surface area contributed by atoms with Gasteiger partial charge in [-0.2, -0.15) is 10.1 Å². The normalized spacial score (nSPS) is 13.3. The second-order valence-electron chi connectivity index (χ2n) is 9.57. The van der Waals surface area contributed by atoms with E-state index in [1.54, 1.807) is 30.3 Å². The molecule has 44 heavy (non-hydrogen) atoms. The van der Waals surface area contributed by atoms with Gasteiger partial charge in [0.25, 0.3) is 5.56 Å². The molecule has 0 radical (unpaired) electrons. The van der Waals surface area contributed by atoms with Crippen LogP contribution in [0.25, 0.3) is 11.2 Å². The SMILES string of the molecule is Nc1nc2c(ncn2COCCOP(=O)(N[C@@H](Cc2ccccc2)C(=O)OCc2ccccc2)Oc2ccccc2)c(=O)[nH]1. The standard InChI is InChI=1S/C30H31N6O7P/c31-30-33-27-26(28(37)34-30)32-20-36(27)21-40-16-17-42-44(39,43-24-14-8-3-9-15-24)35-25(18-22-10-4-1-5-11-22)29(38)41-19-23-12-6-2-7-13-23/h1-15,20,25H,16-19,21H2,(H,35,39)(H3,31,33,34,37)/t25-,44?/m0/s1. The number of benzene rings is 3. The molecule has 0 bridgehead atoms. The number of carbonyl (C=O) groups excluding carboxylic acids is 1. The molecule has 5 aromatic rings. The van der Waals surface area contributed by atoms with Crippen molar-refractivity contribution in [3.8, 4) is 5.75 Å². The van der Waals surface area contributed by atoms with E-state index in [2.05, 4.69) is 20.0 Å². The van der Waals surface area contributed by atoms with Gasteiger partial charge in [-0.3, -0.25) is 23.7 Å². The predicted octanol–water partition coefficient (Wildman–Crippen LogP) is 3.82. The number of hydrogen-bond donors (Lipinski definition) is 3. The Bertz CT molecular complexity index is 1770. The number of H-pyrrole nitrogens is 1. The maximum atomic E-state index is 14.1. The lowest BCUT2D eigenvalue weighted by Gasteiger charge is -2.25. The van der Waals surface area contributed by atoms with Gasteiger partial charge in [-0.05, 0) is 29.7 Å². The van der Waals surface area contributed by atoms with Gasteiger partial charge in [0.1, 0.15) is 25.1 Å². The van der Waals surface area contributed by atoms with E-state index in [1.165, 1.54) is 10.9 Å². The van der Waals surface area contributed by atoms with E-state index in [0.29, 0.717) is 0 Å². The predicted molar refractivity (Wildman–Crippen MR) is 162 cm³/mol. The summed E-state index contributed by atoms with van der Waals surface area (Å²) in [5.41, 5.74) is 7.18. The molecule has 0 amide bonds. The Morgan fingerprint density at radius 3 is 2.32 bits per heavy atom. The summed E-state index contributed by atoms with van der Waals surface area (Å²) in [5.74, 6) is -0.396. The molecular weight excluding hydrogens is 587 g/mol. The summed E-state index contributed by atoms with van der Waals surface area (Å²) in [7, 11) is -4.16. The molecular formula is C30H31N6O7P. The number of aromatic amines is 1. The van der Waals surface area contributed by atoms with Gasteiger partial charge in [-0.25, -0.2) is 9.55 Å². The van der Waals surface area contributed by atoms with Crippen molar-refractivity contribution in [1.29, 1.82) is 0 Å². The fourth-order valence-electron chi connectivity index (χ4n) is 4.21. The second-order valence-corrected chi connectivity index (χ2v) is 11.3. The molecule has 0 saturated heterocycles. The molecule has 0 spiro atoms. The largest absolute Gasteiger partial charge is 0.460 e. The molecule has 0 aliphatic carbocycles. The van der Waals surface area contributed by atoms with Crippen LogP contribution in [0.5, 0.6) is 5.75 Å². The molecule has 0 saturated carbocycles. The number of rotatable bonds is 15. The van der Waals surface area contributed by atoms with Crippen LogP contribution in [0.3, 0.4) is 0 Å². The molecule has 13 nitrogen and oxygen atoms in total. The number of nitrogens with zero attached hydrogens (tertiary/aromatic N) is 3. The van der Waals surface area contributed by atoms with E-state index in [4.69, 9.17) is 24.3 Å². The number of aromatic nitrogens is 4. The highest BCUT2D eigenvalue weighted by molar-refractivity contribution is 7.52. The summed E-state index contributed by atoms with van der Waals surface area (Å²) in [6.07, 6.45) is 1.56. The lowest BCUT2D eigenvalue weighted by molar-refractivity contribution is -0.147. The first kappa shape index (κ1) is 30.6. The van der Waals surface area contributed by atoms with Crippen molar-refractivity contribution in [1.82, 2.24) is 24.6 Å². The maximum absolute atomic E-state index is 14.1. The smallest absolute Gasteiger partial charge is 0.459 e. The molecule has 14 heteroatoms. The van der Waals surface area contributed by atoms with Crippen molar-refractivity contribution in [2.24, 2.45) is 0 Å². The zero-order valence-corrected chi connectivity index (χ0v) is 24.5. The quantitative estimate of drug-likeness (QED) is 0.0884. The monoisotopic (exact) mass is 618 g/mol. The highest BCUT2D eigenvalue weighted by Gasteiger charge is 2.34. The van der Waals surface area contributed by atoms with Gasteiger partial charge in [0.05, 0.1) is 19.5 Å². The maximum Gasteiger partial charge on any atom is 0.459 e. The highest BCUT2D eigenvalue weighted by atomic mass is 31.2. The third-order valence-corrected chi connectivity index (χ3v) is 7.89. The molecule has 0 fully saturated rings. The van der Waals surface area contributed by atoms with Gasteiger partial charge in [-0.15, -0.1) is 0 Å². The molecule has 228 valence electrons. The topological polar surface area (TPSA) is 173 Å². The Balaban J connectivity index is 1.27. The van der Waals surface area contributed by atoms with Crippen LogP contribution in [-0.4, -0.2) is 44.7 Å². The molecule has 5 rings (SSSR count). The number of para-hydroxylation sites is 1. The number of carbonyl (C=O) groups is 1. The van der Waals surface area contributed by atoms with Crippen molar-refractivity contribution in [2.75, 3.05) is 18.9 Å². The minimum absolute atomic E-state index is 0.0238. The number of hydrogen-bond acceptors (Lipinski definition) is 10. The Kier molecular flexibility index (Phi) is 10.2. The van der Waals surface area contributed by atoms with E-state index in [9.17, 15) is 14.2 Å². The number of nitrogen functional groups attached to an aromatic ring is 1. The number of imidazole rings is 1. The zero-order valence-electron chi connectivity index (χ0n) is 23.6. The van der Waals surface area contributed by atoms with E-state index in [0.717, 1.165) is 11.1 Å². The van der Waals surface area contributed by atoms with Crippen molar-refractivity contribution in [2.45, 2.75) is 25.8 Å². The fraction of sp³-hybridized carbons (Fsp3) is 0.200. The molecule has 2 heterocycles. The van der Waals surface area contributed by atoms with Crippen LogP contribution in [0.2, 0.25) is 0 Å². The van der Waals surface area contributed by atoms with Gasteiger partial charge < -0.3 is 19.7 Å². The van der Waals surface area contributed by atoms with Crippen LogP contribution in [0.1, 0.15) is 11.1 Å². The summed E-state index contributed by atoms with van der Waals surface area (Å²) in [6, 6.07) is 25.9.